The van der Waals surface area contributed by atoms with Gasteiger partial charge >= 0.3 is 0 Å². The number of benzene rings is 2. The van der Waals surface area contributed by atoms with Gasteiger partial charge in [-0.05, 0) is 54.5 Å². The number of hydrogen-bond donors (Lipinski definition) is 0. The average molecular weight is 427 g/mol. The minimum Gasteiger partial charge on any atom is -0.455 e. The molecular formula is C25H24F2O2S. The summed E-state index contributed by atoms with van der Waals surface area (Å²) in [6.45, 7) is 0.700. The first-order valence-electron chi connectivity index (χ1n) is 10.7. The van der Waals surface area contributed by atoms with Gasteiger partial charge in [0.2, 0.25) is 6.29 Å². The molecule has 0 bridgehead atoms. The fraction of sp³-hybridized carbons (Fsp3) is 0.360. The second-order valence-corrected chi connectivity index (χ2v) is 9.12. The molecule has 156 valence electrons. The van der Waals surface area contributed by atoms with Crippen LogP contribution in [0, 0.1) is 11.6 Å². The fourth-order valence-electron chi connectivity index (χ4n) is 4.46. The Hall–Kier alpha value is -2.24. The van der Waals surface area contributed by atoms with Gasteiger partial charge in [0.15, 0.2) is 16.7 Å². The van der Waals surface area contributed by atoms with E-state index in [-0.39, 0.29) is 11.9 Å². The molecule has 5 rings (SSSR count). The molecule has 1 saturated carbocycles. The van der Waals surface area contributed by atoms with Crippen LogP contribution >= 0.6 is 11.3 Å². The molecule has 3 aromatic rings. The van der Waals surface area contributed by atoms with Crippen molar-refractivity contribution in [2.75, 3.05) is 6.61 Å². The topological polar surface area (TPSA) is 18.5 Å². The lowest BCUT2D eigenvalue weighted by molar-refractivity contribution is -0.0367. The van der Waals surface area contributed by atoms with Crippen molar-refractivity contribution in [2.24, 2.45) is 0 Å². The van der Waals surface area contributed by atoms with Crippen molar-refractivity contribution in [1.29, 1.82) is 0 Å². The first kappa shape index (κ1) is 19.7. The molecule has 1 atom stereocenters. The molecule has 1 unspecified atom stereocenters. The zero-order chi connectivity index (χ0) is 20.5. The Morgan fingerprint density at radius 3 is 2.27 bits per heavy atom. The summed E-state index contributed by atoms with van der Waals surface area (Å²) >= 11 is 1.30. The van der Waals surface area contributed by atoms with Gasteiger partial charge in [-0.1, -0.05) is 54.5 Å². The zero-order valence-corrected chi connectivity index (χ0v) is 17.5. The van der Waals surface area contributed by atoms with Crippen molar-refractivity contribution in [3.63, 3.8) is 0 Å². The van der Waals surface area contributed by atoms with E-state index in [1.807, 2.05) is 12.1 Å². The van der Waals surface area contributed by atoms with Gasteiger partial charge in [-0.15, -0.1) is 0 Å². The molecule has 0 radical (unpaired) electrons. The van der Waals surface area contributed by atoms with Crippen LogP contribution in [-0.2, 0) is 4.74 Å². The summed E-state index contributed by atoms with van der Waals surface area (Å²) in [6.07, 6.45) is 6.57. The van der Waals surface area contributed by atoms with E-state index in [1.165, 1.54) is 42.6 Å². The highest BCUT2D eigenvalue weighted by Gasteiger charge is 2.21. The smallest absolute Gasteiger partial charge is 0.200 e. The lowest BCUT2D eigenvalue weighted by Crippen LogP contribution is -2.12. The molecule has 0 spiro atoms. The molecule has 0 amide bonds. The van der Waals surface area contributed by atoms with Gasteiger partial charge < -0.3 is 9.47 Å². The van der Waals surface area contributed by atoms with Gasteiger partial charge in [0, 0.05) is 22.4 Å². The summed E-state index contributed by atoms with van der Waals surface area (Å²) < 4.78 is 41.1. The first-order chi connectivity index (χ1) is 14.7. The Morgan fingerprint density at radius 2 is 1.53 bits per heavy atom. The van der Waals surface area contributed by atoms with Crippen molar-refractivity contribution in [3.8, 4) is 26.6 Å². The molecule has 2 nitrogen and oxygen atoms in total. The van der Waals surface area contributed by atoms with Crippen LogP contribution in [0.1, 0.15) is 50.0 Å². The summed E-state index contributed by atoms with van der Waals surface area (Å²) in [7, 11) is 0. The van der Waals surface area contributed by atoms with Crippen molar-refractivity contribution < 1.29 is 18.3 Å². The molecule has 5 heteroatoms. The summed E-state index contributed by atoms with van der Waals surface area (Å²) in [5.74, 6) is -1.03. The van der Waals surface area contributed by atoms with Crippen LogP contribution in [0.5, 0.6) is 5.06 Å². The largest absolute Gasteiger partial charge is 0.455 e. The Balaban J connectivity index is 1.38. The number of thiophene rings is 1. The predicted molar refractivity (Wildman–Crippen MR) is 116 cm³/mol. The van der Waals surface area contributed by atoms with Gasteiger partial charge in [0.05, 0.1) is 6.61 Å². The van der Waals surface area contributed by atoms with Crippen LogP contribution < -0.4 is 4.74 Å². The van der Waals surface area contributed by atoms with Gasteiger partial charge in [-0.25, -0.2) is 8.78 Å². The number of hydrogen-bond acceptors (Lipinski definition) is 3. The Bertz CT molecular complexity index is 1020. The van der Waals surface area contributed by atoms with Crippen LogP contribution in [0.15, 0.2) is 48.5 Å². The van der Waals surface area contributed by atoms with E-state index in [0.29, 0.717) is 33.6 Å². The summed E-state index contributed by atoms with van der Waals surface area (Å²) in [4.78, 5) is 0.641. The summed E-state index contributed by atoms with van der Waals surface area (Å²) in [5.41, 5.74) is 2.55. The second kappa shape index (κ2) is 8.48. The van der Waals surface area contributed by atoms with Gasteiger partial charge in [0.25, 0.3) is 0 Å². The van der Waals surface area contributed by atoms with Gasteiger partial charge in [0.1, 0.15) is 0 Å². The summed E-state index contributed by atoms with van der Waals surface area (Å²) in [6, 6.07) is 14.8. The lowest BCUT2D eigenvalue weighted by atomic mass is 9.94. The van der Waals surface area contributed by atoms with E-state index >= 15 is 0 Å². The molecule has 1 saturated heterocycles. The van der Waals surface area contributed by atoms with Crippen LogP contribution in [0.3, 0.4) is 0 Å². The second-order valence-electron chi connectivity index (χ2n) is 8.07. The van der Waals surface area contributed by atoms with Crippen molar-refractivity contribution in [2.45, 2.75) is 50.7 Å². The van der Waals surface area contributed by atoms with Crippen molar-refractivity contribution >= 4 is 11.3 Å². The van der Waals surface area contributed by atoms with E-state index in [0.717, 1.165) is 12.8 Å². The minimum atomic E-state index is -0.821. The van der Waals surface area contributed by atoms with E-state index < -0.39 is 11.6 Å². The molecule has 30 heavy (non-hydrogen) atoms. The molecule has 1 aliphatic heterocycles. The predicted octanol–water partition coefficient (Wildman–Crippen LogP) is 7.53. The van der Waals surface area contributed by atoms with Gasteiger partial charge in [-0.3, -0.25) is 0 Å². The molecule has 1 aromatic heterocycles. The third-order valence-corrected chi connectivity index (χ3v) is 7.12. The van der Waals surface area contributed by atoms with E-state index in [1.54, 1.807) is 24.3 Å². The Morgan fingerprint density at radius 1 is 0.800 bits per heavy atom. The third kappa shape index (κ3) is 3.88. The highest BCUT2D eigenvalue weighted by molar-refractivity contribution is 7.17. The fourth-order valence-corrected chi connectivity index (χ4v) is 5.37. The SMILES string of the molecule is Fc1c(-c2ccc(C3CCCC3)cc2)ccc(-c2ccc(OC3CCCO3)s2)c1F. The average Bonchev–Trinajstić information content (AvgIpc) is 3.54. The van der Waals surface area contributed by atoms with Crippen molar-refractivity contribution in [1.82, 2.24) is 0 Å². The number of halogens is 2. The Kier molecular flexibility index (Phi) is 5.57. The molecule has 2 fully saturated rings. The van der Waals surface area contributed by atoms with E-state index in [4.69, 9.17) is 9.47 Å². The molecule has 2 heterocycles. The van der Waals surface area contributed by atoms with E-state index in [2.05, 4.69) is 12.1 Å². The standard InChI is InChI=1S/C25H24F2O2S/c26-24-19(18-9-7-17(8-10-18)16-4-1-2-5-16)11-12-20(25(24)27)21-13-14-23(30-21)29-22-6-3-15-28-22/h7-14,16,22H,1-6,15H2. The first-order valence-corrected chi connectivity index (χ1v) is 11.5. The lowest BCUT2D eigenvalue weighted by Gasteiger charge is -2.12. The highest BCUT2D eigenvalue weighted by atomic mass is 32.1. The molecule has 2 aliphatic rings. The van der Waals surface area contributed by atoms with Crippen LogP contribution in [0.4, 0.5) is 8.78 Å². The summed E-state index contributed by atoms with van der Waals surface area (Å²) in [5, 5.41) is 0.656. The molecular weight excluding hydrogens is 402 g/mol. The number of rotatable bonds is 5. The van der Waals surface area contributed by atoms with Crippen LogP contribution in [0.25, 0.3) is 21.6 Å². The van der Waals surface area contributed by atoms with Crippen molar-refractivity contribution in [3.05, 3.63) is 65.7 Å². The van der Waals surface area contributed by atoms with Gasteiger partial charge in [-0.2, -0.15) is 0 Å². The number of ether oxygens (including phenoxy) is 2. The monoisotopic (exact) mass is 426 g/mol. The normalized spacial score (nSPS) is 19.5. The van der Waals surface area contributed by atoms with Crippen LogP contribution in [-0.4, -0.2) is 12.9 Å². The molecule has 1 aliphatic carbocycles. The molecule has 2 aromatic carbocycles. The van der Waals surface area contributed by atoms with E-state index in [9.17, 15) is 8.78 Å². The van der Waals surface area contributed by atoms with Crippen LogP contribution in [0.2, 0.25) is 0 Å². The minimum absolute atomic E-state index is 0.243. The maximum Gasteiger partial charge on any atom is 0.200 e. The quantitative estimate of drug-likeness (QED) is 0.420. The maximum absolute atomic E-state index is 14.9. The zero-order valence-electron chi connectivity index (χ0n) is 16.7. The maximum atomic E-state index is 14.9. The highest BCUT2D eigenvalue weighted by Crippen LogP contribution is 2.39. The molecule has 0 N–H and O–H groups in total. The third-order valence-electron chi connectivity index (χ3n) is 6.11. The Labute approximate surface area is 179 Å².